The molecule has 0 fully saturated rings. The summed E-state index contributed by atoms with van der Waals surface area (Å²) in [5.41, 5.74) is 5.02. The van der Waals surface area contributed by atoms with Crippen LogP contribution in [0.25, 0.3) is 0 Å². The van der Waals surface area contributed by atoms with Crippen LogP contribution in [-0.4, -0.2) is 8.42 Å². The summed E-state index contributed by atoms with van der Waals surface area (Å²) in [6.07, 6.45) is 0. The molecule has 0 amide bonds. The molecule has 0 saturated heterocycles. The first-order chi connectivity index (χ1) is 9.28. The molecule has 3 nitrogen and oxygen atoms in total. The average Bonchev–Trinajstić information content (AvgIpc) is 2.30. The monoisotopic (exact) mass is 301 g/mol. The highest BCUT2D eigenvalue weighted by Gasteiger charge is 2.18. The molecule has 0 aliphatic heterocycles. The quantitative estimate of drug-likeness (QED) is 0.887. The molecule has 0 saturated carbocycles. The molecule has 2 N–H and O–H groups in total. The molecule has 0 spiro atoms. The Hall–Kier alpha value is -2.02. The summed E-state index contributed by atoms with van der Waals surface area (Å²) in [6.45, 7) is 0. The van der Waals surface area contributed by atoms with Crippen molar-refractivity contribution in [1.29, 1.82) is 0 Å². The summed E-state index contributed by atoms with van der Waals surface area (Å²) < 4.78 is 63.4. The number of anilines is 1. The standard InChI is InChI=1S/C13H10F3NO2S/c14-9-3-8(4-10(15)5-9)7-20(18,19)11-1-2-13(17)12(16)6-11/h1-6H,7,17H2. The maximum Gasteiger partial charge on any atom is 0.182 e. The lowest BCUT2D eigenvalue weighted by Gasteiger charge is -2.06. The van der Waals surface area contributed by atoms with Crippen molar-refractivity contribution >= 4 is 15.5 Å². The number of hydrogen-bond acceptors (Lipinski definition) is 3. The molecule has 106 valence electrons. The largest absolute Gasteiger partial charge is 0.396 e. The van der Waals surface area contributed by atoms with Crippen molar-refractivity contribution in [1.82, 2.24) is 0 Å². The van der Waals surface area contributed by atoms with Crippen LogP contribution in [0, 0.1) is 17.5 Å². The topological polar surface area (TPSA) is 60.2 Å². The van der Waals surface area contributed by atoms with Crippen LogP contribution >= 0.6 is 0 Å². The summed E-state index contributed by atoms with van der Waals surface area (Å²) in [6, 6.07) is 5.50. The number of nitrogen functional groups attached to an aromatic ring is 1. The molecule has 2 rings (SSSR count). The van der Waals surface area contributed by atoms with Gasteiger partial charge >= 0.3 is 0 Å². The molecule has 0 heterocycles. The van der Waals surface area contributed by atoms with Crippen LogP contribution in [0.3, 0.4) is 0 Å². The molecule has 0 radical (unpaired) electrons. The number of hydrogen-bond donors (Lipinski definition) is 1. The van der Waals surface area contributed by atoms with Gasteiger partial charge in [0.25, 0.3) is 0 Å². The van der Waals surface area contributed by atoms with Gasteiger partial charge in [0, 0.05) is 6.07 Å². The molecule has 0 aliphatic carbocycles. The predicted molar refractivity (Wildman–Crippen MR) is 68.1 cm³/mol. The van der Waals surface area contributed by atoms with Crippen molar-refractivity contribution in [3.63, 3.8) is 0 Å². The van der Waals surface area contributed by atoms with Gasteiger partial charge in [-0.25, -0.2) is 21.6 Å². The molecule has 2 aromatic rings. The van der Waals surface area contributed by atoms with E-state index in [9.17, 15) is 21.6 Å². The molecule has 7 heteroatoms. The molecule has 0 aliphatic rings. The first-order valence-corrected chi connectivity index (χ1v) is 7.16. The van der Waals surface area contributed by atoms with Gasteiger partial charge in [0.2, 0.25) is 0 Å². The van der Waals surface area contributed by atoms with Crippen molar-refractivity contribution in [2.45, 2.75) is 10.6 Å². The van der Waals surface area contributed by atoms with Gasteiger partial charge in [-0.05, 0) is 35.9 Å². The second-order valence-corrected chi connectivity index (χ2v) is 6.21. The lowest BCUT2D eigenvalue weighted by molar-refractivity contribution is 0.578. The van der Waals surface area contributed by atoms with E-state index in [1.54, 1.807) is 0 Å². The van der Waals surface area contributed by atoms with E-state index in [0.29, 0.717) is 6.07 Å². The molecular formula is C13H10F3NO2S. The fraction of sp³-hybridized carbons (Fsp3) is 0.0769. The van der Waals surface area contributed by atoms with E-state index in [0.717, 1.165) is 30.3 Å². The minimum Gasteiger partial charge on any atom is -0.396 e. The first-order valence-electron chi connectivity index (χ1n) is 5.51. The SMILES string of the molecule is Nc1ccc(S(=O)(=O)Cc2cc(F)cc(F)c2)cc1F. The second kappa shape index (κ2) is 5.16. The van der Waals surface area contributed by atoms with Crippen LogP contribution in [0.5, 0.6) is 0 Å². The van der Waals surface area contributed by atoms with Crippen LogP contribution in [0.1, 0.15) is 5.56 Å². The lowest BCUT2D eigenvalue weighted by Crippen LogP contribution is -2.06. The van der Waals surface area contributed by atoms with E-state index in [4.69, 9.17) is 5.73 Å². The zero-order valence-corrected chi connectivity index (χ0v) is 10.9. The number of sulfone groups is 1. The zero-order valence-electron chi connectivity index (χ0n) is 10.1. The summed E-state index contributed by atoms with van der Waals surface area (Å²) in [4.78, 5) is -0.297. The Morgan fingerprint density at radius 1 is 0.950 bits per heavy atom. The molecule has 20 heavy (non-hydrogen) atoms. The van der Waals surface area contributed by atoms with Crippen molar-refractivity contribution in [2.24, 2.45) is 0 Å². The Morgan fingerprint density at radius 2 is 1.55 bits per heavy atom. The minimum atomic E-state index is -3.92. The maximum absolute atomic E-state index is 13.3. The Bertz CT molecular complexity index is 740. The van der Waals surface area contributed by atoms with Gasteiger partial charge in [-0.1, -0.05) is 0 Å². The molecule has 0 aromatic heterocycles. The predicted octanol–water partition coefficient (Wildman–Crippen LogP) is 2.66. The third-order valence-electron chi connectivity index (χ3n) is 2.61. The van der Waals surface area contributed by atoms with Gasteiger partial charge in [-0.2, -0.15) is 0 Å². The van der Waals surface area contributed by atoms with Gasteiger partial charge in [0.1, 0.15) is 17.5 Å². The molecule has 0 bridgehead atoms. The fourth-order valence-electron chi connectivity index (χ4n) is 1.70. The van der Waals surface area contributed by atoms with Crippen LogP contribution < -0.4 is 5.73 Å². The normalized spacial score (nSPS) is 11.6. The molecule has 0 unspecified atom stereocenters. The van der Waals surface area contributed by atoms with Crippen LogP contribution in [0.15, 0.2) is 41.3 Å². The van der Waals surface area contributed by atoms with Gasteiger partial charge in [0.05, 0.1) is 16.3 Å². The van der Waals surface area contributed by atoms with Crippen molar-refractivity contribution in [2.75, 3.05) is 5.73 Å². The summed E-state index contributed by atoms with van der Waals surface area (Å²) in [5.74, 6) is -3.25. The average molecular weight is 301 g/mol. The Morgan fingerprint density at radius 3 is 2.10 bits per heavy atom. The van der Waals surface area contributed by atoms with Crippen LogP contribution in [0.4, 0.5) is 18.9 Å². The van der Waals surface area contributed by atoms with Crippen LogP contribution in [-0.2, 0) is 15.6 Å². The van der Waals surface area contributed by atoms with Gasteiger partial charge in [-0.15, -0.1) is 0 Å². The Labute approximate surface area is 113 Å². The van der Waals surface area contributed by atoms with Crippen molar-refractivity contribution in [3.05, 3.63) is 59.4 Å². The minimum absolute atomic E-state index is 0.0558. The summed E-state index contributed by atoms with van der Waals surface area (Å²) in [7, 11) is -3.92. The molecular weight excluding hydrogens is 291 g/mol. The smallest absolute Gasteiger partial charge is 0.182 e. The van der Waals surface area contributed by atoms with E-state index in [2.05, 4.69) is 0 Å². The van der Waals surface area contributed by atoms with Crippen molar-refractivity contribution in [3.8, 4) is 0 Å². The zero-order chi connectivity index (χ0) is 14.9. The lowest BCUT2D eigenvalue weighted by atomic mass is 10.2. The number of benzene rings is 2. The number of rotatable bonds is 3. The van der Waals surface area contributed by atoms with Gasteiger partial charge < -0.3 is 5.73 Å². The third kappa shape index (κ3) is 3.11. The van der Waals surface area contributed by atoms with Gasteiger partial charge in [0.15, 0.2) is 9.84 Å². The van der Waals surface area contributed by atoms with E-state index >= 15 is 0 Å². The molecule has 0 atom stereocenters. The van der Waals surface area contributed by atoms with Crippen LogP contribution in [0.2, 0.25) is 0 Å². The summed E-state index contributed by atoms with van der Waals surface area (Å²) in [5, 5.41) is 0. The highest BCUT2D eigenvalue weighted by molar-refractivity contribution is 7.90. The van der Waals surface area contributed by atoms with Gasteiger partial charge in [-0.3, -0.25) is 0 Å². The number of nitrogens with two attached hydrogens (primary N) is 1. The number of halogens is 3. The highest BCUT2D eigenvalue weighted by atomic mass is 32.2. The first kappa shape index (κ1) is 14.4. The molecule has 2 aromatic carbocycles. The van der Waals surface area contributed by atoms with E-state index in [1.165, 1.54) is 0 Å². The van der Waals surface area contributed by atoms with E-state index in [1.807, 2.05) is 0 Å². The van der Waals surface area contributed by atoms with E-state index < -0.39 is 33.0 Å². The Balaban J connectivity index is 2.37. The van der Waals surface area contributed by atoms with E-state index in [-0.39, 0.29) is 16.1 Å². The second-order valence-electron chi connectivity index (χ2n) is 4.22. The summed E-state index contributed by atoms with van der Waals surface area (Å²) >= 11 is 0. The Kier molecular flexibility index (Phi) is 3.71. The third-order valence-corrected chi connectivity index (χ3v) is 4.30. The fourth-order valence-corrected chi connectivity index (χ4v) is 3.03. The van der Waals surface area contributed by atoms with Crippen molar-refractivity contribution < 1.29 is 21.6 Å². The maximum atomic E-state index is 13.3. The highest BCUT2D eigenvalue weighted by Crippen LogP contribution is 2.21.